The monoisotopic (exact) mass is 581 g/mol. The predicted octanol–water partition coefficient (Wildman–Crippen LogP) is 3.04. The van der Waals surface area contributed by atoms with Crippen LogP contribution in [0.2, 0.25) is 0 Å². The minimum Gasteiger partial charge on any atom is -0.470 e. The number of aromatic nitrogens is 2. The van der Waals surface area contributed by atoms with Crippen LogP contribution in [0.1, 0.15) is 17.5 Å². The van der Waals surface area contributed by atoms with E-state index in [1.54, 1.807) is 6.08 Å². The number of amides is 1. The van der Waals surface area contributed by atoms with Gasteiger partial charge in [0.15, 0.2) is 12.0 Å². The SMILES string of the molecule is O=C(CO)N1CC=C(c2cc(F)c(-c3nc4cc(O[C@@H]5COC6[C@H](O)CO[C@@H]65)[nH]c4cc3C(F)(F)F)c(F)c2)CC1. The van der Waals surface area contributed by atoms with Gasteiger partial charge in [0.1, 0.15) is 36.6 Å². The lowest BCUT2D eigenvalue weighted by Crippen LogP contribution is -2.36. The summed E-state index contributed by atoms with van der Waals surface area (Å²) in [5.74, 6) is -2.90. The highest BCUT2D eigenvalue weighted by atomic mass is 19.4. The van der Waals surface area contributed by atoms with Crippen molar-refractivity contribution >= 4 is 22.5 Å². The highest BCUT2D eigenvalue weighted by molar-refractivity contribution is 5.84. The van der Waals surface area contributed by atoms with Gasteiger partial charge in [-0.15, -0.1) is 0 Å². The maximum atomic E-state index is 15.4. The van der Waals surface area contributed by atoms with Gasteiger partial charge in [-0.05, 0) is 35.8 Å². The van der Waals surface area contributed by atoms with Crippen LogP contribution in [0, 0.1) is 11.6 Å². The van der Waals surface area contributed by atoms with Crippen LogP contribution in [-0.2, 0) is 20.4 Å². The third kappa shape index (κ3) is 5.05. The summed E-state index contributed by atoms with van der Waals surface area (Å²) in [5, 5.41) is 18.9. The van der Waals surface area contributed by atoms with E-state index in [-0.39, 0.29) is 55.2 Å². The smallest absolute Gasteiger partial charge is 0.418 e. The standard InChI is InChI=1S/C27H24F5N3O6/c28-15-5-13(12-1-3-35(4-2-12)22(38)9-36)6-16(29)23(15)24-14(27(30,31)32)7-17-18(34-24)8-21(33-17)41-20-11-40-25-19(37)10-39-26(20)25/h1,5-8,19-20,25-26,33,36-37H,2-4,9-11H2/t19-,20-,25?,26-/m1/s1. The molecule has 3 aliphatic heterocycles. The Hall–Kier alpha value is -3.59. The number of carbonyl (C=O) groups is 1. The summed E-state index contributed by atoms with van der Waals surface area (Å²) in [4.78, 5) is 19.7. The first kappa shape index (κ1) is 27.6. The van der Waals surface area contributed by atoms with Crippen LogP contribution in [0.5, 0.6) is 5.88 Å². The van der Waals surface area contributed by atoms with Gasteiger partial charge < -0.3 is 34.3 Å². The Morgan fingerprint density at radius 3 is 2.51 bits per heavy atom. The van der Waals surface area contributed by atoms with Gasteiger partial charge in [-0.2, -0.15) is 13.2 Å². The molecule has 4 atom stereocenters. The summed E-state index contributed by atoms with van der Waals surface area (Å²) in [6.07, 6.45) is -5.77. The first-order chi connectivity index (χ1) is 19.5. The van der Waals surface area contributed by atoms with Crippen LogP contribution < -0.4 is 4.74 Å². The van der Waals surface area contributed by atoms with Crippen LogP contribution in [0.3, 0.4) is 0 Å². The second kappa shape index (κ2) is 10.4. The van der Waals surface area contributed by atoms with Crippen molar-refractivity contribution < 1.29 is 51.2 Å². The lowest BCUT2D eigenvalue weighted by molar-refractivity contribution is -0.137. The van der Waals surface area contributed by atoms with E-state index in [4.69, 9.17) is 19.3 Å². The largest absolute Gasteiger partial charge is 0.470 e. The number of rotatable bonds is 5. The summed E-state index contributed by atoms with van der Waals surface area (Å²) in [6.45, 7) is -0.176. The van der Waals surface area contributed by atoms with E-state index in [0.29, 0.717) is 5.57 Å². The average Bonchev–Trinajstić information content (AvgIpc) is 3.63. The minimum atomic E-state index is -4.99. The van der Waals surface area contributed by atoms with Gasteiger partial charge in [0.05, 0.1) is 41.1 Å². The number of alkyl halides is 3. The van der Waals surface area contributed by atoms with Gasteiger partial charge >= 0.3 is 6.18 Å². The van der Waals surface area contributed by atoms with Crippen LogP contribution >= 0.6 is 0 Å². The number of nitrogens with one attached hydrogen (secondary N) is 1. The zero-order valence-electron chi connectivity index (χ0n) is 21.3. The maximum Gasteiger partial charge on any atom is 0.418 e. The topological polar surface area (TPSA) is 117 Å². The van der Waals surface area contributed by atoms with Crippen molar-refractivity contribution in [3.63, 3.8) is 0 Å². The molecule has 0 saturated carbocycles. The molecule has 14 heteroatoms. The molecule has 9 nitrogen and oxygen atoms in total. The molecule has 2 fully saturated rings. The summed E-state index contributed by atoms with van der Waals surface area (Å²) in [6, 6.07) is 3.92. The molecule has 6 rings (SSSR count). The van der Waals surface area contributed by atoms with Crippen molar-refractivity contribution in [2.75, 3.05) is 32.9 Å². The zero-order chi connectivity index (χ0) is 29.1. The van der Waals surface area contributed by atoms with Gasteiger partial charge in [-0.1, -0.05) is 6.08 Å². The third-order valence-electron chi connectivity index (χ3n) is 7.49. The number of aliphatic hydroxyl groups is 2. The fraction of sp³-hybridized carbons (Fsp3) is 0.407. The summed E-state index contributed by atoms with van der Waals surface area (Å²) in [7, 11) is 0. The highest BCUT2D eigenvalue weighted by Gasteiger charge is 2.48. The molecule has 0 bridgehead atoms. The number of carbonyl (C=O) groups excluding carboxylic acids is 1. The number of pyridine rings is 1. The van der Waals surface area contributed by atoms with E-state index in [2.05, 4.69) is 9.97 Å². The van der Waals surface area contributed by atoms with Crippen molar-refractivity contribution in [3.05, 3.63) is 53.1 Å². The minimum absolute atomic E-state index is 0.0163. The van der Waals surface area contributed by atoms with E-state index in [1.807, 2.05) is 0 Å². The molecule has 3 aromatic rings. The number of ether oxygens (including phenoxy) is 3. The number of benzene rings is 1. The highest BCUT2D eigenvalue weighted by Crippen LogP contribution is 2.41. The molecule has 5 heterocycles. The van der Waals surface area contributed by atoms with Crippen LogP contribution in [0.25, 0.3) is 27.9 Å². The second-order valence-corrected chi connectivity index (χ2v) is 10.1. The Labute approximate surface area is 229 Å². The van der Waals surface area contributed by atoms with Gasteiger partial charge in [0.2, 0.25) is 5.91 Å². The van der Waals surface area contributed by atoms with Crippen LogP contribution in [0.4, 0.5) is 22.0 Å². The van der Waals surface area contributed by atoms with Gasteiger partial charge in [-0.25, -0.2) is 13.8 Å². The van der Waals surface area contributed by atoms with Crippen molar-refractivity contribution in [2.24, 2.45) is 0 Å². The molecule has 2 aromatic heterocycles. The van der Waals surface area contributed by atoms with Crippen LogP contribution in [0.15, 0.2) is 30.3 Å². The summed E-state index contributed by atoms with van der Waals surface area (Å²) >= 11 is 0. The Kier molecular flexibility index (Phi) is 6.96. The van der Waals surface area contributed by atoms with Gasteiger partial charge in [0, 0.05) is 19.2 Å². The van der Waals surface area contributed by atoms with E-state index in [0.717, 1.165) is 18.2 Å². The third-order valence-corrected chi connectivity index (χ3v) is 7.49. The molecule has 0 aliphatic carbocycles. The quantitative estimate of drug-likeness (QED) is 0.397. The molecule has 1 amide bonds. The fourth-order valence-corrected chi connectivity index (χ4v) is 5.45. The van der Waals surface area contributed by atoms with Crippen molar-refractivity contribution in [1.82, 2.24) is 14.9 Å². The molecule has 0 spiro atoms. The molecule has 218 valence electrons. The Morgan fingerprint density at radius 2 is 1.85 bits per heavy atom. The number of halogens is 5. The first-order valence-corrected chi connectivity index (χ1v) is 12.8. The molecular weight excluding hydrogens is 557 g/mol. The lowest BCUT2D eigenvalue weighted by Gasteiger charge is -2.26. The fourth-order valence-electron chi connectivity index (χ4n) is 5.45. The van der Waals surface area contributed by atoms with E-state index in [1.165, 1.54) is 11.0 Å². The van der Waals surface area contributed by atoms with Crippen molar-refractivity contribution in [1.29, 1.82) is 0 Å². The van der Waals surface area contributed by atoms with Crippen LogP contribution in [-0.4, -0.2) is 88.3 Å². The number of nitrogens with zero attached hydrogens (tertiary/aromatic N) is 2. The predicted molar refractivity (Wildman–Crippen MR) is 133 cm³/mol. The van der Waals surface area contributed by atoms with Gasteiger partial charge in [0.25, 0.3) is 0 Å². The Morgan fingerprint density at radius 1 is 1.12 bits per heavy atom. The maximum absolute atomic E-state index is 15.4. The number of hydrogen-bond donors (Lipinski definition) is 3. The summed E-state index contributed by atoms with van der Waals surface area (Å²) < 4.78 is 89.8. The van der Waals surface area contributed by atoms with Crippen molar-refractivity contribution in [3.8, 4) is 17.1 Å². The molecular formula is C27H24F5N3O6. The molecule has 2 saturated heterocycles. The zero-order valence-corrected chi connectivity index (χ0v) is 21.3. The van der Waals surface area contributed by atoms with E-state index < -0.39 is 71.6 Å². The Balaban J connectivity index is 1.33. The molecule has 0 radical (unpaired) electrons. The van der Waals surface area contributed by atoms with E-state index >= 15 is 8.78 Å². The molecule has 41 heavy (non-hydrogen) atoms. The van der Waals surface area contributed by atoms with Gasteiger partial charge in [-0.3, -0.25) is 4.79 Å². The number of fused-ring (bicyclic) bond motifs is 2. The number of H-pyrrole nitrogens is 1. The second-order valence-electron chi connectivity index (χ2n) is 10.1. The Bertz CT molecular complexity index is 1520. The number of aliphatic hydroxyl groups excluding tert-OH is 2. The number of hydrogen-bond acceptors (Lipinski definition) is 7. The molecule has 1 unspecified atom stereocenters. The molecule has 3 N–H and O–H groups in total. The van der Waals surface area contributed by atoms with Crippen molar-refractivity contribution in [2.45, 2.75) is 37.0 Å². The molecule has 1 aromatic carbocycles. The molecule has 3 aliphatic rings. The first-order valence-electron chi connectivity index (χ1n) is 12.8. The average molecular weight is 581 g/mol. The number of aromatic amines is 1. The lowest BCUT2D eigenvalue weighted by atomic mass is 9.95. The summed E-state index contributed by atoms with van der Waals surface area (Å²) in [5.41, 5.74) is -2.63. The van der Waals surface area contributed by atoms with E-state index in [9.17, 15) is 23.1 Å². The normalized spacial score (nSPS) is 24.6.